The molecular weight excluding hydrogens is 372 g/mol. The molecule has 0 aliphatic rings. The molecule has 0 fully saturated rings. The molecule has 29 heavy (non-hydrogen) atoms. The Bertz CT molecular complexity index is 1050. The van der Waals surface area contributed by atoms with Crippen molar-refractivity contribution in [2.24, 2.45) is 7.05 Å². The van der Waals surface area contributed by atoms with Gasteiger partial charge in [-0.1, -0.05) is 0 Å². The highest BCUT2D eigenvalue weighted by Crippen LogP contribution is 2.13. The maximum absolute atomic E-state index is 12.4. The molecule has 9 heteroatoms. The Balaban J connectivity index is 1.52. The molecule has 150 valence electrons. The molecule has 0 saturated carbocycles. The molecule has 2 N–H and O–H groups in total. The van der Waals surface area contributed by atoms with Crippen LogP contribution in [0.5, 0.6) is 0 Å². The normalized spacial score (nSPS) is 10.6. The van der Waals surface area contributed by atoms with Gasteiger partial charge in [-0.25, -0.2) is 4.98 Å². The maximum Gasteiger partial charge on any atom is 0.313 e. The van der Waals surface area contributed by atoms with Crippen LogP contribution in [-0.2, 0) is 23.2 Å². The van der Waals surface area contributed by atoms with Crippen molar-refractivity contribution >= 4 is 23.3 Å². The molecule has 0 radical (unpaired) electrons. The molecular formula is C20H22N6O3. The maximum atomic E-state index is 12.4. The fraction of sp³-hybridized carbons (Fsp3) is 0.250. The van der Waals surface area contributed by atoms with Crippen molar-refractivity contribution in [3.8, 4) is 0 Å². The summed E-state index contributed by atoms with van der Waals surface area (Å²) in [5.41, 5.74) is 2.74. The average Bonchev–Trinajstić information content (AvgIpc) is 3.26. The predicted molar refractivity (Wildman–Crippen MR) is 106 cm³/mol. The molecule has 3 rings (SSSR count). The molecule has 2 heterocycles. The van der Waals surface area contributed by atoms with E-state index in [-0.39, 0.29) is 12.3 Å². The third-order valence-corrected chi connectivity index (χ3v) is 4.35. The summed E-state index contributed by atoms with van der Waals surface area (Å²) in [5, 5.41) is 9.37. The second-order valence-corrected chi connectivity index (χ2v) is 6.63. The van der Waals surface area contributed by atoms with Crippen molar-refractivity contribution in [1.29, 1.82) is 0 Å². The van der Waals surface area contributed by atoms with Crippen LogP contribution in [0.1, 0.15) is 27.6 Å². The number of nitrogens with zero attached hydrogens (tertiary/aromatic N) is 4. The molecule has 0 aliphatic heterocycles. The molecule has 0 atom stereocenters. The Morgan fingerprint density at radius 3 is 2.38 bits per heavy atom. The van der Waals surface area contributed by atoms with E-state index in [2.05, 4.69) is 20.7 Å². The van der Waals surface area contributed by atoms with Crippen LogP contribution in [0.4, 0.5) is 5.69 Å². The first kappa shape index (κ1) is 20.0. The van der Waals surface area contributed by atoms with Gasteiger partial charge in [0, 0.05) is 42.9 Å². The zero-order valence-electron chi connectivity index (χ0n) is 16.5. The van der Waals surface area contributed by atoms with E-state index in [0.29, 0.717) is 23.6 Å². The highest BCUT2D eigenvalue weighted by molar-refractivity contribution is 6.39. The number of carbonyl (C=O) groups is 3. The summed E-state index contributed by atoms with van der Waals surface area (Å²) in [6.07, 6.45) is 3.24. The van der Waals surface area contributed by atoms with Crippen LogP contribution in [-0.4, -0.2) is 43.5 Å². The van der Waals surface area contributed by atoms with Gasteiger partial charge in [-0.3, -0.25) is 19.1 Å². The van der Waals surface area contributed by atoms with Crippen molar-refractivity contribution in [2.75, 3.05) is 11.9 Å². The topological polar surface area (TPSA) is 111 Å². The molecule has 0 spiro atoms. The SMILES string of the molecule is Cc1cc(C)n(CCNC(=O)C(=O)Nc2ccc(C(=O)c3nccn3C)cc2)n1. The zero-order valence-corrected chi connectivity index (χ0v) is 16.5. The van der Waals surface area contributed by atoms with Crippen molar-refractivity contribution in [1.82, 2.24) is 24.6 Å². The van der Waals surface area contributed by atoms with Crippen LogP contribution in [0.25, 0.3) is 0 Å². The quantitative estimate of drug-likeness (QED) is 0.482. The van der Waals surface area contributed by atoms with Gasteiger partial charge in [0.1, 0.15) is 0 Å². The summed E-state index contributed by atoms with van der Waals surface area (Å²) >= 11 is 0. The van der Waals surface area contributed by atoms with E-state index >= 15 is 0 Å². The predicted octanol–water partition coefficient (Wildman–Crippen LogP) is 1.22. The van der Waals surface area contributed by atoms with Crippen LogP contribution in [0, 0.1) is 13.8 Å². The minimum absolute atomic E-state index is 0.225. The van der Waals surface area contributed by atoms with Gasteiger partial charge in [-0.15, -0.1) is 0 Å². The van der Waals surface area contributed by atoms with E-state index in [1.807, 2.05) is 19.9 Å². The van der Waals surface area contributed by atoms with Crippen LogP contribution in [0.15, 0.2) is 42.7 Å². The highest BCUT2D eigenvalue weighted by Gasteiger charge is 2.16. The van der Waals surface area contributed by atoms with Gasteiger partial charge in [0.05, 0.1) is 12.2 Å². The number of ketones is 1. The first-order valence-corrected chi connectivity index (χ1v) is 9.07. The Kier molecular flexibility index (Phi) is 5.87. The number of hydrogen-bond acceptors (Lipinski definition) is 5. The third kappa shape index (κ3) is 4.75. The first-order valence-electron chi connectivity index (χ1n) is 9.07. The van der Waals surface area contributed by atoms with Gasteiger partial charge < -0.3 is 15.2 Å². The highest BCUT2D eigenvalue weighted by atomic mass is 16.2. The minimum atomic E-state index is -0.776. The van der Waals surface area contributed by atoms with Crippen LogP contribution in [0.2, 0.25) is 0 Å². The number of carbonyl (C=O) groups excluding carboxylic acids is 3. The molecule has 0 unspecified atom stereocenters. The van der Waals surface area contributed by atoms with Gasteiger partial charge in [0.15, 0.2) is 5.82 Å². The standard InChI is InChI=1S/C20H22N6O3/c1-13-12-14(2)26(24-13)11-9-22-19(28)20(29)23-16-6-4-15(5-7-16)17(27)18-21-8-10-25(18)3/h4-8,10,12H,9,11H2,1-3H3,(H,22,28)(H,23,29). The fourth-order valence-electron chi connectivity index (χ4n) is 2.86. The van der Waals surface area contributed by atoms with Crippen LogP contribution >= 0.6 is 0 Å². The van der Waals surface area contributed by atoms with E-state index in [4.69, 9.17) is 0 Å². The van der Waals surface area contributed by atoms with E-state index in [1.54, 1.807) is 53.0 Å². The number of benzene rings is 1. The Hall–Kier alpha value is -3.75. The van der Waals surface area contributed by atoms with Crippen LogP contribution in [0.3, 0.4) is 0 Å². The number of rotatable bonds is 6. The van der Waals surface area contributed by atoms with Gasteiger partial charge >= 0.3 is 11.8 Å². The number of aryl methyl sites for hydroxylation is 3. The molecule has 1 aromatic carbocycles. The number of nitrogens with one attached hydrogen (secondary N) is 2. The Labute approximate surface area is 167 Å². The largest absolute Gasteiger partial charge is 0.346 e. The fourth-order valence-corrected chi connectivity index (χ4v) is 2.86. The molecule has 0 saturated heterocycles. The third-order valence-electron chi connectivity index (χ3n) is 4.35. The average molecular weight is 394 g/mol. The second kappa shape index (κ2) is 8.51. The molecule has 3 aromatic rings. The Morgan fingerprint density at radius 2 is 1.79 bits per heavy atom. The second-order valence-electron chi connectivity index (χ2n) is 6.63. The summed E-state index contributed by atoms with van der Waals surface area (Å²) in [6, 6.07) is 8.23. The lowest BCUT2D eigenvalue weighted by Gasteiger charge is -2.08. The van der Waals surface area contributed by atoms with E-state index in [1.165, 1.54) is 0 Å². The molecule has 2 aromatic heterocycles. The van der Waals surface area contributed by atoms with E-state index in [9.17, 15) is 14.4 Å². The lowest BCUT2D eigenvalue weighted by molar-refractivity contribution is -0.136. The Morgan fingerprint density at radius 1 is 1.07 bits per heavy atom. The van der Waals surface area contributed by atoms with Crippen molar-refractivity contribution in [3.05, 3.63) is 65.5 Å². The van der Waals surface area contributed by atoms with Gasteiger partial charge in [0.2, 0.25) is 5.78 Å². The number of anilines is 1. The number of hydrogen-bond donors (Lipinski definition) is 2. The summed E-state index contributed by atoms with van der Waals surface area (Å²) in [7, 11) is 1.74. The molecule has 2 amide bonds. The summed E-state index contributed by atoms with van der Waals surface area (Å²) in [5.74, 6) is -1.41. The monoisotopic (exact) mass is 394 g/mol. The smallest absolute Gasteiger partial charge is 0.313 e. The lowest BCUT2D eigenvalue weighted by atomic mass is 10.1. The van der Waals surface area contributed by atoms with Gasteiger partial charge in [-0.05, 0) is 44.2 Å². The number of imidazole rings is 1. The summed E-state index contributed by atoms with van der Waals surface area (Å²) in [4.78, 5) is 40.4. The molecule has 9 nitrogen and oxygen atoms in total. The zero-order chi connectivity index (χ0) is 21.0. The summed E-state index contributed by atoms with van der Waals surface area (Å²) < 4.78 is 3.40. The van der Waals surface area contributed by atoms with Crippen molar-refractivity contribution in [2.45, 2.75) is 20.4 Å². The lowest BCUT2D eigenvalue weighted by Crippen LogP contribution is -2.37. The first-order chi connectivity index (χ1) is 13.8. The van der Waals surface area contributed by atoms with Crippen molar-refractivity contribution in [3.63, 3.8) is 0 Å². The van der Waals surface area contributed by atoms with Gasteiger partial charge in [0.25, 0.3) is 0 Å². The molecule has 0 aliphatic carbocycles. The van der Waals surface area contributed by atoms with Crippen molar-refractivity contribution < 1.29 is 14.4 Å². The van der Waals surface area contributed by atoms with E-state index < -0.39 is 11.8 Å². The van der Waals surface area contributed by atoms with Crippen LogP contribution < -0.4 is 10.6 Å². The van der Waals surface area contributed by atoms with Gasteiger partial charge in [-0.2, -0.15) is 5.10 Å². The number of aromatic nitrogens is 4. The number of amides is 2. The molecule has 0 bridgehead atoms. The minimum Gasteiger partial charge on any atom is -0.346 e. The summed E-state index contributed by atoms with van der Waals surface area (Å²) in [6.45, 7) is 4.58. The van der Waals surface area contributed by atoms with E-state index in [0.717, 1.165) is 11.4 Å².